The van der Waals surface area contributed by atoms with Crippen LogP contribution in [0.2, 0.25) is 0 Å². The second-order valence-electron chi connectivity index (χ2n) is 8.59. The molecule has 1 unspecified atom stereocenters. The van der Waals surface area contributed by atoms with Gasteiger partial charge in [0.05, 0.1) is 7.11 Å². The van der Waals surface area contributed by atoms with Crippen LogP contribution >= 0.6 is 0 Å². The summed E-state index contributed by atoms with van der Waals surface area (Å²) >= 11 is 0. The van der Waals surface area contributed by atoms with Gasteiger partial charge in [-0.15, -0.1) is 0 Å². The minimum atomic E-state index is -0.520. The fourth-order valence-electron chi connectivity index (χ4n) is 4.13. The molecule has 2 heterocycles. The van der Waals surface area contributed by atoms with Crippen molar-refractivity contribution in [1.82, 2.24) is 15.1 Å². The second kappa shape index (κ2) is 12.5. The summed E-state index contributed by atoms with van der Waals surface area (Å²) < 4.78 is 16.8. The van der Waals surface area contributed by atoms with Gasteiger partial charge in [0, 0.05) is 39.4 Å². The summed E-state index contributed by atoms with van der Waals surface area (Å²) in [5, 5.41) is 14.0. The van der Waals surface area contributed by atoms with Crippen LogP contribution in [0.25, 0.3) is 0 Å². The lowest BCUT2D eigenvalue weighted by atomic mass is 10.0. The van der Waals surface area contributed by atoms with E-state index >= 15 is 0 Å². The Morgan fingerprint density at radius 3 is 2.80 bits per heavy atom. The van der Waals surface area contributed by atoms with Gasteiger partial charge in [0.15, 0.2) is 11.5 Å². The van der Waals surface area contributed by atoms with E-state index < -0.39 is 6.10 Å². The highest BCUT2D eigenvalue weighted by atomic mass is 16.5. The van der Waals surface area contributed by atoms with E-state index in [1.54, 1.807) is 7.11 Å². The number of hydrogen-bond donors (Lipinski definition) is 2. The van der Waals surface area contributed by atoms with Crippen molar-refractivity contribution >= 4 is 0 Å². The van der Waals surface area contributed by atoms with Crippen molar-refractivity contribution in [2.24, 2.45) is 5.92 Å². The quantitative estimate of drug-likeness (QED) is 0.595. The van der Waals surface area contributed by atoms with Gasteiger partial charge in [-0.05, 0) is 69.6 Å². The van der Waals surface area contributed by atoms with E-state index in [-0.39, 0.29) is 6.61 Å². The molecule has 0 bridgehead atoms. The number of aliphatic hydroxyl groups excluding tert-OH is 1. The zero-order chi connectivity index (χ0) is 21.2. The number of rotatable bonds is 10. The maximum Gasteiger partial charge on any atom is 0.161 e. The predicted molar refractivity (Wildman–Crippen MR) is 118 cm³/mol. The topological polar surface area (TPSA) is 66.4 Å². The number of β-amino-alcohol motifs (C(OH)–C–C–N with tert-alkyl or cyclic N) is 1. The Bertz CT molecular complexity index is 624. The fraction of sp³-hybridized carbons (Fsp3) is 0.739. The van der Waals surface area contributed by atoms with Crippen LogP contribution in [0.5, 0.6) is 11.5 Å². The van der Waals surface area contributed by atoms with Gasteiger partial charge in [-0.25, -0.2) is 0 Å². The Kier molecular flexibility index (Phi) is 9.68. The summed E-state index contributed by atoms with van der Waals surface area (Å²) in [6.07, 6.45) is 2.89. The Labute approximate surface area is 181 Å². The van der Waals surface area contributed by atoms with Crippen LogP contribution in [0, 0.1) is 5.92 Å². The number of ether oxygens (including phenoxy) is 3. The van der Waals surface area contributed by atoms with Crippen LogP contribution in [0.1, 0.15) is 24.8 Å². The third-order valence-electron chi connectivity index (χ3n) is 6.04. The van der Waals surface area contributed by atoms with Crippen molar-refractivity contribution in [2.75, 3.05) is 73.2 Å². The molecule has 2 fully saturated rings. The Balaban J connectivity index is 1.45. The lowest BCUT2D eigenvalue weighted by molar-refractivity contribution is 0.0661. The van der Waals surface area contributed by atoms with Gasteiger partial charge in [-0.3, -0.25) is 4.90 Å². The normalized spacial score (nSPS) is 20.6. The minimum absolute atomic E-state index is 0.266. The van der Waals surface area contributed by atoms with E-state index in [2.05, 4.69) is 28.2 Å². The van der Waals surface area contributed by atoms with Crippen LogP contribution in [-0.2, 0) is 11.3 Å². The van der Waals surface area contributed by atoms with Gasteiger partial charge >= 0.3 is 0 Å². The smallest absolute Gasteiger partial charge is 0.161 e. The maximum atomic E-state index is 10.5. The molecule has 1 aromatic carbocycles. The van der Waals surface area contributed by atoms with Crippen LogP contribution in [-0.4, -0.2) is 94.3 Å². The van der Waals surface area contributed by atoms with E-state index in [1.165, 1.54) is 0 Å². The molecule has 7 nitrogen and oxygen atoms in total. The summed E-state index contributed by atoms with van der Waals surface area (Å²) in [6.45, 7) is 8.65. The van der Waals surface area contributed by atoms with Crippen molar-refractivity contribution in [1.29, 1.82) is 0 Å². The molecule has 0 saturated carbocycles. The predicted octanol–water partition coefficient (Wildman–Crippen LogP) is 1.59. The van der Waals surface area contributed by atoms with E-state index in [9.17, 15) is 5.11 Å². The molecule has 2 saturated heterocycles. The molecular weight excluding hydrogens is 382 g/mol. The third kappa shape index (κ3) is 7.71. The molecule has 0 radical (unpaired) electrons. The van der Waals surface area contributed by atoms with Crippen LogP contribution in [0.3, 0.4) is 0 Å². The zero-order valence-corrected chi connectivity index (χ0v) is 18.6. The Morgan fingerprint density at radius 2 is 2.00 bits per heavy atom. The first-order valence-corrected chi connectivity index (χ1v) is 11.3. The molecule has 0 spiro atoms. The number of aliphatic hydroxyl groups is 1. The number of methoxy groups -OCH3 is 1. The van der Waals surface area contributed by atoms with Crippen LogP contribution in [0.4, 0.5) is 0 Å². The molecule has 30 heavy (non-hydrogen) atoms. The van der Waals surface area contributed by atoms with Crippen molar-refractivity contribution in [3.63, 3.8) is 0 Å². The standard InChI is InChI=1S/C23H39N3O4/c1-25-8-3-9-26(11-10-25)17-21(27)18-30-23-14-20(4-5-22(23)28-2)16-24-15-19-6-12-29-13-7-19/h4-5,14,19,21,24,27H,3,6-13,15-18H2,1-2H3. The molecule has 2 N–H and O–H groups in total. The minimum Gasteiger partial charge on any atom is -0.493 e. The number of nitrogens with zero attached hydrogens (tertiary/aromatic N) is 2. The van der Waals surface area contributed by atoms with Gasteiger partial charge in [-0.1, -0.05) is 6.07 Å². The number of nitrogens with one attached hydrogen (secondary N) is 1. The highest BCUT2D eigenvalue weighted by molar-refractivity contribution is 5.43. The highest BCUT2D eigenvalue weighted by Gasteiger charge is 2.17. The van der Waals surface area contributed by atoms with Gasteiger partial charge in [0.2, 0.25) is 0 Å². The van der Waals surface area contributed by atoms with E-state index in [0.717, 1.165) is 77.3 Å². The Hall–Kier alpha value is -1.38. The Morgan fingerprint density at radius 1 is 1.17 bits per heavy atom. The van der Waals surface area contributed by atoms with E-state index in [4.69, 9.17) is 14.2 Å². The summed E-state index contributed by atoms with van der Waals surface area (Å²) in [5.41, 5.74) is 1.16. The average Bonchev–Trinajstić information content (AvgIpc) is 2.97. The first kappa shape index (κ1) is 23.3. The van der Waals surface area contributed by atoms with Crippen molar-refractivity contribution in [3.05, 3.63) is 23.8 Å². The fourth-order valence-corrected chi connectivity index (χ4v) is 4.13. The molecule has 170 valence electrons. The lowest BCUT2D eigenvalue weighted by Crippen LogP contribution is -2.37. The number of benzene rings is 1. The van der Waals surface area contributed by atoms with Gasteiger partial charge < -0.3 is 29.5 Å². The van der Waals surface area contributed by atoms with E-state index in [0.29, 0.717) is 24.0 Å². The van der Waals surface area contributed by atoms with E-state index in [1.807, 2.05) is 12.1 Å². The molecule has 0 amide bonds. The van der Waals surface area contributed by atoms with Gasteiger partial charge in [0.1, 0.15) is 12.7 Å². The van der Waals surface area contributed by atoms with Crippen LogP contribution in [0.15, 0.2) is 18.2 Å². The maximum absolute atomic E-state index is 10.5. The summed E-state index contributed by atoms with van der Waals surface area (Å²) in [6, 6.07) is 6.02. The molecule has 7 heteroatoms. The third-order valence-corrected chi connectivity index (χ3v) is 6.04. The molecular formula is C23H39N3O4. The number of hydrogen-bond acceptors (Lipinski definition) is 7. The van der Waals surface area contributed by atoms with Crippen LogP contribution < -0.4 is 14.8 Å². The average molecular weight is 422 g/mol. The van der Waals surface area contributed by atoms with Crippen molar-refractivity contribution < 1.29 is 19.3 Å². The SMILES string of the molecule is COc1ccc(CNCC2CCOCC2)cc1OCC(O)CN1CCCN(C)CC1. The summed E-state index contributed by atoms with van der Waals surface area (Å²) in [4.78, 5) is 4.67. The van der Waals surface area contributed by atoms with Gasteiger partial charge in [0.25, 0.3) is 0 Å². The highest BCUT2D eigenvalue weighted by Crippen LogP contribution is 2.28. The molecule has 3 rings (SSSR count). The lowest BCUT2D eigenvalue weighted by Gasteiger charge is -2.24. The molecule has 0 aliphatic carbocycles. The van der Waals surface area contributed by atoms with Gasteiger partial charge in [-0.2, -0.15) is 0 Å². The zero-order valence-electron chi connectivity index (χ0n) is 18.6. The van der Waals surface area contributed by atoms with Crippen molar-refractivity contribution in [3.8, 4) is 11.5 Å². The van der Waals surface area contributed by atoms with Crippen molar-refractivity contribution in [2.45, 2.75) is 31.9 Å². The molecule has 1 aromatic rings. The number of likely N-dealkylation sites (N-methyl/N-ethyl adjacent to an activating group) is 1. The summed E-state index contributed by atoms with van der Waals surface area (Å²) in [7, 11) is 3.80. The first-order valence-electron chi connectivity index (χ1n) is 11.3. The molecule has 2 aliphatic heterocycles. The molecule has 1 atom stereocenters. The second-order valence-corrected chi connectivity index (χ2v) is 8.59. The summed E-state index contributed by atoms with van der Waals surface area (Å²) in [5.74, 6) is 2.09. The molecule has 2 aliphatic rings. The first-order chi connectivity index (χ1) is 14.6. The monoisotopic (exact) mass is 421 g/mol. The molecule has 0 aromatic heterocycles. The largest absolute Gasteiger partial charge is 0.493 e.